The number of nitrogens with one attached hydrogen (secondary N) is 1. The van der Waals surface area contributed by atoms with Crippen molar-refractivity contribution in [1.82, 2.24) is 0 Å². The Kier molecular flexibility index (Phi) is 3.36. The van der Waals surface area contributed by atoms with Gasteiger partial charge in [-0.05, 0) is 42.5 Å². The molecule has 2 rings (SSSR count). The quantitative estimate of drug-likeness (QED) is 0.805. The van der Waals surface area contributed by atoms with Crippen LogP contribution in [0.3, 0.4) is 0 Å². The normalized spacial score (nSPS) is 10.1. The molecule has 82 valence electrons. The van der Waals surface area contributed by atoms with E-state index in [1.807, 2.05) is 42.5 Å². The molecule has 0 bridgehead atoms. The van der Waals surface area contributed by atoms with Gasteiger partial charge in [0.25, 0.3) is 0 Å². The first-order chi connectivity index (χ1) is 7.65. The minimum absolute atomic E-state index is 0.681. The first kappa shape index (κ1) is 11.3. The van der Waals surface area contributed by atoms with Crippen molar-refractivity contribution in [3.8, 4) is 0 Å². The molecule has 2 nitrogen and oxygen atoms in total. The average molecular weight is 298 g/mol. The van der Waals surface area contributed by atoms with Gasteiger partial charge in [0.1, 0.15) is 0 Å². The smallest absolute Gasteiger partial charge is 0.0641 e. The van der Waals surface area contributed by atoms with E-state index in [1.54, 1.807) is 0 Å². The lowest BCUT2D eigenvalue weighted by Crippen LogP contribution is -1.92. The summed E-state index contributed by atoms with van der Waals surface area (Å²) in [6.07, 6.45) is 0. The minimum Gasteiger partial charge on any atom is -0.399 e. The molecule has 0 spiro atoms. The minimum atomic E-state index is 0.681. The van der Waals surface area contributed by atoms with Gasteiger partial charge in [-0.1, -0.05) is 27.5 Å². The van der Waals surface area contributed by atoms with Gasteiger partial charge < -0.3 is 11.1 Å². The highest BCUT2D eigenvalue weighted by Gasteiger charge is 2.01. The largest absolute Gasteiger partial charge is 0.399 e. The molecule has 0 saturated heterocycles. The number of hydrogen-bond donors (Lipinski definition) is 2. The Labute approximate surface area is 108 Å². The van der Waals surface area contributed by atoms with Gasteiger partial charge in [-0.2, -0.15) is 0 Å². The van der Waals surface area contributed by atoms with E-state index in [0.29, 0.717) is 5.02 Å². The molecule has 2 aromatic rings. The lowest BCUT2D eigenvalue weighted by atomic mass is 10.2. The van der Waals surface area contributed by atoms with Crippen molar-refractivity contribution in [2.75, 3.05) is 11.1 Å². The summed E-state index contributed by atoms with van der Waals surface area (Å²) in [5.74, 6) is 0. The van der Waals surface area contributed by atoms with Crippen molar-refractivity contribution in [1.29, 1.82) is 0 Å². The number of rotatable bonds is 2. The van der Waals surface area contributed by atoms with E-state index >= 15 is 0 Å². The molecular formula is C12H10BrClN2. The van der Waals surface area contributed by atoms with E-state index < -0.39 is 0 Å². The summed E-state index contributed by atoms with van der Waals surface area (Å²) < 4.78 is 0.981. The Balaban J connectivity index is 2.26. The summed E-state index contributed by atoms with van der Waals surface area (Å²) in [5, 5.41) is 3.90. The van der Waals surface area contributed by atoms with Crippen LogP contribution in [0.4, 0.5) is 17.1 Å². The van der Waals surface area contributed by atoms with Crippen molar-refractivity contribution in [2.45, 2.75) is 0 Å². The van der Waals surface area contributed by atoms with Crippen LogP contribution in [-0.4, -0.2) is 0 Å². The Morgan fingerprint density at radius 1 is 1.06 bits per heavy atom. The highest BCUT2D eigenvalue weighted by molar-refractivity contribution is 9.10. The molecule has 0 radical (unpaired) electrons. The summed E-state index contributed by atoms with van der Waals surface area (Å²) in [7, 11) is 0. The molecule has 0 saturated carbocycles. The number of benzene rings is 2. The topological polar surface area (TPSA) is 38.0 Å². The number of halogens is 2. The van der Waals surface area contributed by atoms with Gasteiger partial charge in [-0.15, -0.1) is 0 Å². The van der Waals surface area contributed by atoms with Gasteiger partial charge >= 0.3 is 0 Å². The fourth-order valence-electron chi connectivity index (χ4n) is 1.32. The van der Waals surface area contributed by atoms with E-state index in [2.05, 4.69) is 21.2 Å². The van der Waals surface area contributed by atoms with Crippen LogP contribution in [0.25, 0.3) is 0 Å². The summed E-state index contributed by atoms with van der Waals surface area (Å²) in [5.41, 5.74) is 8.17. The van der Waals surface area contributed by atoms with Crippen LogP contribution in [0.5, 0.6) is 0 Å². The molecule has 0 aliphatic heterocycles. The third-order valence-corrected chi connectivity index (χ3v) is 2.94. The van der Waals surface area contributed by atoms with Crippen LogP contribution >= 0.6 is 27.5 Å². The van der Waals surface area contributed by atoms with Crippen molar-refractivity contribution < 1.29 is 0 Å². The second kappa shape index (κ2) is 4.76. The van der Waals surface area contributed by atoms with Gasteiger partial charge in [0.15, 0.2) is 0 Å². The predicted molar refractivity (Wildman–Crippen MR) is 73.3 cm³/mol. The van der Waals surface area contributed by atoms with E-state index in [0.717, 1.165) is 21.5 Å². The summed E-state index contributed by atoms with van der Waals surface area (Å²) >= 11 is 9.47. The SMILES string of the molecule is Nc1ccc(Nc2cc(Br)ccc2Cl)cc1. The Bertz CT molecular complexity index is 497. The monoisotopic (exact) mass is 296 g/mol. The lowest BCUT2D eigenvalue weighted by Gasteiger charge is -2.09. The Morgan fingerprint density at radius 3 is 2.44 bits per heavy atom. The van der Waals surface area contributed by atoms with Gasteiger partial charge in [0, 0.05) is 15.8 Å². The maximum Gasteiger partial charge on any atom is 0.0641 e. The maximum atomic E-state index is 6.07. The summed E-state index contributed by atoms with van der Waals surface area (Å²) in [6, 6.07) is 13.2. The van der Waals surface area contributed by atoms with Gasteiger partial charge in [-0.3, -0.25) is 0 Å². The molecule has 2 aromatic carbocycles. The molecule has 4 heteroatoms. The molecule has 0 heterocycles. The van der Waals surface area contributed by atoms with E-state index in [-0.39, 0.29) is 0 Å². The third kappa shape index (κ3) is 2.68. The predicted octanol–water partition coefficient (Wildman–Crippen LogP) is 4.43. The zero-order valence-electron chi connectivity index (χ0n) is 8.37. The first-order valence-electron chi connectivity index (χ1n) is 4.73. The molecule has 3 N–H and O–H groups in total. The molecule has 16 heavy (non-hydrogen) atoms. The van der Waals surface area contributed by atoms with Gasteiger partial charge in [0.05, 0.1) is 10.7 Å². The van der Waals surface area contributed by atoms with Crippen LogP contribution < -0.4 is 11.1 Å². The zero-order chi connectivity index (χ0) is 11.5. The van der Waals surface area contributed by atoms with E-state index in [4.69, 9.17) is 17.3 Å². The molecule has 0 amide bonds. The molecule has 0 unspecified atom stereocenters. The van der Waals surface area contributed by atoms with Gasteiger partial charge in [-0.25, -0.2) is 0 Å². The molecular weight excluding hydrogens is 288 g/mol. The first-order valence-corrected chi connectivity index (χ1v) is 5.90. The third-order valence-electron chi connectivity index (χ3n) is 2.12. The second-order valence-corrected chi connectivity index (χ2v) is 4.69. The molecule has 0 aliphatic carbocycles. The van der Waals surface area contributed by atoms with Crippen molar-refractivity contribution >= 4 is 44.6 Å². The number of hydrogen-bond acceptors (Lipinski definition) is 2. The number of anilines is 3. The number of nitrogens with two attached hydrogens (primary N) is 1. The Hall–Kier alpha value is -1.19. The molecule has 0 fully saturated rings. The van der Waals surface area contributed by atoms with E-state index in [1.165, 1.54) is 0 Å². The molecule has 0 aromatic heterocycles. The Morgan fingerprint density at radius 2 is 1.75 bits per heavy atom. The van der Waals surface area contributed by atoms with Crippen LogP contribution in [0.1, 0.15) is 0 Å². The van der Waals surface area contributed by atoms with E-state index in [9.17, 15) is 0 Å². The zero-order valence-corrected chi connectivity index (χ0v) is 10.7. The highest BCUT2D eigenvalue weighted by atomic mass is 79.9. The van der Waals surface area contributed by atoms with Crippen LogP contribution in [0.15, 0.2) is 46.9 Å². The highest BCUT2D eigenvalue weighted by Crippen LogP contribution is 2.28. The fourth-order valence-corrected chi connectivity index (χ4v) is 1.84. The van der Waals surface area contributed by atoms with Crippen molar-refractivity contribution in [3.05, 3.63) is 52.0 Å². The van der Waals surface area contributed by atoms with Gasteiger partial charge in [0.2, 0.25) is 0 Å². The maximum absolute atomic E-state index is 6.07. The van der Waals surface area contributed by atoms with Crippen LogP contribution in [-0.2, 0) is 0 Å². The molecule has 0 aliphatic rings. The summed E-state index contributed by atoms with van der Waals surface area (Å²) in [6.45, 7) is 0. The summed E-state index contributed by atoms with van der Waals surface area (Å²) in [4.78, 5) is 0. The van der Waals surface area contributed by atoms with Crippen LogP contribution in [0, 0.1) is 0 Å². The second-order valence-electron chi connectivity index (χ2n) is 3.37. The lowest BCUT2D eigenvalue weighted by molar-refractivity contribution is 1.53. The van der Waals surface area contributed by atoms with Crippen molar-refractivity contribution in [3.63, 3.8) is 0 Å². The van der Waals surface area contributed by atoms with Crippen molar-refractivity contribution in [2.24, 2.45) is 0 Å². The van der Waals surface area contributed by atoms with Crippen LogP contribution in [0.2, 0.25) is 5.02 Å². The molecule has 0 atom stereocenters. The number of nitrogen functional groups attached to an aromatic ring is 1. The fraction of sp³-hybridized carbons (Fsp3) is 0. The average Bonchev–Trinajstić information content (AvgIpc) is 2.27. The standard InChI is InChI=1S/C12H10BrClN2/c13-8-1-6-11(14)12(7-8)16-10-4-2-9(15)3-5-10/h1-7,16H,15H2.